The molecule has 0 saturated heterocycles. The van der Waals surface area contributed by atoms with Crippen LogP contribution in [0.3, 0.4) is 0 Å². The van der Waals surface area contributed by atoms with Gasteiger partial charge in [0.25, 0.3) is 0 Å². The molecule has 0 aromatic rings. The van der Waals surface area contributed by atoms with Crippen LogP contribution in [-0.2, 0) is 9.53 Å². The molecule has 1 fully saturated rings. The van der Waals surface area contributed by atoms with E-state index in [2.05, 4.69) is 5.32 Å². The third-order valence-corrected chi connectivity index (χ3v) is 3.95. The van der Waals surface area contributed by atoms with Crippen molar-refractivity contribution >= 4 is 12.1 Å². The number of carbonyl (C=O) groups is 2. The number of carbonyl (C=O) groups excluding carboxylic acids is 1. The van der Waals surface area contributed by atoms with Crippen molar-refractivity contribution in [1.29, 1.82) is 0 Å². The van der Waals surface area contributed by atoms with Gasteiger partial charge >= 0.3 is 12.1 Å². The highest BCUT2D eigenvalue weighted by Crippen LogP contribution is 2.32. The van der Waals surface area contributed by atoms with Crippen molar-refractivity contribution in [2.24, 2.45) is 11.8 Å². The van der Waals surface area contributed by atoms with Crippen molar-refractivity contribution in [3.8, 4) is 0 Å². The monoisotopic (exact) mass is 299 g/mol. The zero-order valence-corrected chi connectivity index (χ0v) is 13.5. The highest BCUT2D eigenvalue weighted by Gasteiger charge is 2.22. The van der Waals surface area contributed by atoms with E-state index in [1.54, 1.807) is 0 Å². The number of alkyl carbamates (subject to hydrolysis) is 1. The van der Waals surface area contributed by atoms with Gasteiger partial charge in [0.1, 0.15) is 5.60 Å². The number of rotatable bonds is 6. The maximum absolute atomic E-state index is 11.5. The largest absolute Gasteiger partial charge is 0.481 e. The fraction of sp³-hybridized carbons (Fsp3) is 0.875. The van der Waals surface area contributed by atoms with Crippen LogP contribution in [0.25, 0.3) is 0 Å². The molecule has 0 aliphatic heterocycles. The quantitative estimate of drug-likeness (QED) is 0.786. The van der Waals surface area contributed by atoms with Crippen LogP contribution in [0.5, 0.6) is 0 Å². The Hall–Kier alpha value is -1.26. The van der Waals surface area contributed by atoms with Gasteiger partial charge in [-0.15, -0.1) is 0 Å². The Balaban J connectivity index is 2.10. The van der Waals surface area contributed by atoms with E-state index in [1.807, 2.05) is 20.8 Å². The zero-order valence-electron chi connectivity index (χ0n) is 13.5. The van der Waals surface area contributed by atoms with Gasteiger partial charge in [0.2, 0.25) is 0 Å². The van der Waals surface area contributed by atoms with Crippen LogP contribution in [0.2, 0.25) is 0 Å². The van der Waals surface area contributed by atoms with E-state index in [-0.39, 0.29) is 12.5 Å². The van der Waals surface area contributed by atoms with Gasteiger partial charge in [0.15, 0.2) is 0 Å². The van der Waals surface area contributed by atoms with Gasteiger partial charge in [-0.3, -0.25) is 4.79 Å². The predicted octanol–water partition coefficient (Wildman–Crippen LogP) is 3.57. The van der Waals surface area contributed by atoms with Crippen molar-refractivity contribution in [2.45, 2.75) is 71.3 Å². The van der Waals surface area contributed by atoms with Gasteiger partial charge in [-0.2, -0.15) is 0 Å². The summed E-state index contributed by atoms with van der Waals surface area (Å²) in [5.74, 6) is 0.510. The average Bonchev–Trinajstić information content (AvgIpc) is 2.35. The highest BCUT2D eigenvalue weighted by atomic mass is 16.6. The van der Waals surface area contributed by atoms with Gasteiger partial charge < -0.3 is 15.2 Å². The lowest BCUT2D eigenvalue weighted by atomic mass is 9.79. The Bertz CT molecular complexity index is 341. The van der Waals surface area contributed by atoms with Crippen LogP contribution in [0, 0.1) is 11.8 Å². The number of carboxylic acid groups (broad SMARTS) is 1. The molecule has 1 rings (SSSR count). The number of amides is 1. The van der Waals surface area contributed by atoms with E-state index in [4.69, 9.17) is 9.84 Å². The fourth-order valence-corrected chi connectivity index (χ4v) is 2.83. The molecule has 0 spiro atoms. The normalized spacial score (nSPS) is 22.6. The minimum absolute atomic E-state index is 0.287. The van der Waals surface area contributed by atoms with Gasteiger partial charge in [-0.1, -0.05) is 25.7 Å². The van der Waals surface area contributed by atoms with Crippen molar-refractivity contribution in [2.75, 3.05) is 6.54 Å². The molecule has 0 unspecified atom stereocenters. The molecule has 0 heterocycles. The molecule has 2 N–H and O–H groups in total. The summed E-state index contributed by atoms with van der Waals surface area (Å²) in [6.45, 7) is 6.21. The Morgan fingerprint density at radius 3 is 2.10 bits per heavy atom. The summed E-state index contributed by atoms with van der Waals surface area (Å²) < 4.78 is 5.19. The van der Waals surface area contributed by atoms with Crippen LogP contribution in [0.1, 0.15) is 65.7 Å². The molecule has 0 aromatic carbocycles. The van der Waals surface area contributed by atoms with Gasteiger partial charge in [-0.25, -0.2) is 4.79 Å². The third-order valence-electron chi connectivity index (χ3n) is 3.95. The lowest BCUT2D eigenvalue weighted by molar-refractivity contribution is -0.137. The Morgan fingerprint density at radius 1 is 1.10 bits per heavy atom. The van der Waals surface area contributed by atoms with E-state index in [9.17, 15) is 9.59 Å². The summed E-state index contributed by atoms with van der Waals surface area (Å²) in [5, 5.41) is 11.5. The maximum atomic E-state index is 11.5. The summed E-state index contributed by atoms with van der Waals surface area (Å²) >= 11 is 0. The van der Waals surface area contributed by atoms with E-state index < -0.39 is 11.6 Å². The molecule has 0 radical (unpaired) electrons. The standard InChI is InChI=1S/C16H29NO4/c1-16(2,3)21-15(20)17-11-10-13-6-4-12(5-7-13)8-9-14(18)19/h12-13H,4-11H2,1-3H3,(H,17,20)(H,18,19)/t12-,13-. The molecule has 5 nitrogen and oxygen atoms in total. The van der Waals surface area contributed by atoms with E-state index in [1.165, 1.54) is 0 Å². The first-order valence-electron chi connectivity index (χ1n) is 7.95. The number of ether oxygens (including phenoxy) is 1. The van der Waals surface area contributed by atoms with Crippen LogP contribution in [-0.4, -0.2) is 29.3 Å². The van der Waals surface area contributed by atoms with Gasteiger partial charge in [0.05, 0.1) is 0 Å². The van der Waals surface area contributed by atoms with Gasteiger partial charge in [-0.05, 0) is 45.4 Å². The summed E-state index contributed by atoms with van der Waals surface area (Å²) in [6, 6.07) is 0. The topological polar surface area (TPSA) is 75.6 Å². The highest BCUT2D eigenvalue weighted by molar-refractivity contribution is 5.67. The number of hydrogen-bond donors (Lipinski definition) is 2. The molecule has 5 heteroatoms. The smallest absolute Gasteiger partial charge is 0.407 e. The third kappa shape index (κ3) is 8.58. The fourth-order valence-electron chi connectivity index (χ4n) is 2.83. The number of hydrogen-bond acceptors (Lipinski definition) is 3. The molecular weight excluding hydrogens is 270 g/mol. The Labute approximate surface area is 127 Å². The van der Waals surface area contributed by atoms with Crippen molar-refractivity contribution in [3.05, 3.63) is 0 Å². The van der Waals surface area contributed by atoms with E-state index in [0.29, 0.717) is 18.4 Å². The molecule has 1 aliphatic rings. The minimum atomic E-state index is -0.696. The van der Waals surface area contributed by atoms with Crippen LogP contribution >= 0.6 is 0 Å². The molecule has 0 aromatic heterocycles. The number of carboxylic acids is 1. The van der Waals surface area contributed by atoms with E-state index >= 15 is 0 Å². The Morgan fingerprint density at radius 2 is 1.62 bits per heavy atom. The summed E-state index contributed by atoms with van der Waals surface area (Å²) in [5.41, 5.74) is -0.452. The maximum Gasteiger partial charge on any atom is 0.407 e. The molecule has 0 bridgehead atoms. The second-order valence-corrected chi connectivity index (χ2v) is 7.04. The summed E-state index contributed by atoms with van der Waals surface area (Å²) in [7, 11) is 0. The summed E-state index contributed by atoms with van der Waals surface area (Å²) in [6.07, 6.45) is 6.23. The molecular formula is C16H29NO4. The predicted molar refractivity (Wildman–Crippen MR) is 81.2 cm³/mol. The zero-order chi connectivity index (χ0) is 15.9. The average molecular weight is 299 g/mol. The molecule has 0 atom stereocenters. The number of nitrogens with one attached hydrogen (secondary N) is 1. The molecule has 1 aliphatic carbocycles. The lowest BCUT2D eigenvalue weighted by Gasteiger charge is -2.28. The van der Waals surface area contributed by atoms with Crippen LogP contribution < -0.4 is 5.32 Å². The van der Waals surface area contributed by atoms with Crippen LogP contribution in [0.15, 0.2) is 0 Å². The van der Waals surface area contributed by atoms with Crippen LogP contribution in [0.4, 0.5) is 4.79 Å². The first-order valence-corrected chi connectivity index (χ1v) is 7.95. The second-order valence-electron chi connectivity index (χ2n) is 7.04. The first kappa shape index (κ1) is 17.8. The van der Waals surface area contributed by atoms with Crippen molar-refractivity contribution in [3.63, 3.8) is 0 Å². The van der Waals surface area contributed by atoms with E-state index in [0.717, 1.165) is 38.5 Å². The molecule has 1 amide bonds. The Kier molecular flexibility index (Phi) is 6.99. The van der Waals surface area contributed by atoms with Crippen molar-refractivity contribution in [1.82, 2.24) is 5.32 Å². The minimum Gasteiger partial charge on any atom is -0.481 e. The molecule has 1 saturated carbocycles. The van der Waals surface area contributed by atoms with Gasteiger partial charge in [0, 0.05) is 13.0 Å². The SMILES string of the molecule is CC(C)(C)OC(=O)NCC[C@H]1CC[C@H](CCC(=O)O)CC1. The lowest BCUT2D eigenvalue weighted by Crippen LogP contribution is -2.33. The first-order chi connectivity index (χ1) is 9.76. The number of aliphatic carboxylic acids is 1. The van der Waals surface area contributed by atoms with Crippen molar-refractivity contribution < 1.29 is 19.4 Å². The molecule has 122 valence electrons. The summed E-state index contributed by atoms with van der Waals surface area (Å²) in [4.78, 5) is 22.1. The second kappa shape index (κ2) is 8.25. The molecule has 21 heavy (non-hydrogen) atoms.